The highest BCUT2D eigenvalue weighted by Crippen LogP contribution is 2.50. The van der Waals surface area contributed by atoms with Crippen LogP contribution < -0.4 is 4.74 Å². The molecule has 1 aliphatic carbocycles. The lowest BCUT2D eigenvalue weighted by molar-refractivity contribution is -0.0247. The van der Waals surface area contributed by atoms with Crippen LogP contribution in [0.2, 0.25) is 5.02 Å². The van der Waals surface area contributed by atoms with Crippen LogP contribution in [0, 0.1) is 5.41 Å². The maximum absolute atomic E-state index is 6.08. The second kappa shape index (κ2) is 5.10. The van der Waals surface area contributed by atoms with E-state index < -0.39 is 0 Å². The van der Waals surface area contributed by atoms with Crippen LogP contribution in [-0.2, 0) is 0 Å². The standard InChI is InChI=1S/C13H15Br2ClO/c1-3-13(2)11(15)7-12(13)17-10-5-4-8(16)6-9(10)14/h4-6,11-12H,3,7H2,1-2H3. The lowest BCUT2D eigenvalue weighted by Gasteiger charge is -2.50. The fourth-order valence-corrected chi connectivity index (χ4v) is 3.86. The van der Waals surface area contributed by atoms with Crippen molar-refractivity contribution in [3.63, 3.8) is 0 Å². The van der Waals surface area contributed by atoms with Crippen molar-refractivity contribution < 1.29 is 4.74 Å². The van der Waals surface area contributed by atoms with Crippen molar-refractivity contribution in [2.75, 3.05) is 0 Å². The summed E-state index contributed by atoms with van der Waals surface area (Å²) in [4.78, 5) is 0.552. The molecule has 1 aliphatic rings. The maximum Gasteiger partial charge on any atom is 0.134 e. The first-order valence-corrected chi connectivity index (χ1v) is 7.82. The van der Waals surface area contributed by atoms with E-state index in [-0.39, 0.29) is 11.5 Å². The zero-order valence-electron chi connectivity index (χ0n) is 9.84. The molecular formula is C13H15Br2ClO. The second-order valence-electron chi connectivity index (χ2n) is 4.74. The normalized spacial score (nSPS) is 32.1. The first-order chi connectivity index (χ1) is 7.97. The molecule has 1 fully saturated rings. The van der Waals surface area contributed by atoms with Crippen LogP contribution in [0.15, 0.2) is 22.7 Å². The van der Waals surface area contributed by atoms with Gasteiger partial charge in [-0.25, -0.2) is 0 Å². The molecule has 0 radical (unpaired) electrons. The Morgan fingerprint density at radius 3 is 2.76 bits per heavy atom. The van der Waals surface area contributed by atoms with Gasteiger partial charge in [0.2, 0.25) is 0 Å². The Balaban J connectivity index is 2.12. The van der Waals surface area contributed by atoms with E-state index in [2.05, 4.69) is 45.7 Å². The van der Waals surface area contributed by atoms with E-state index in [1.54, 1.807) is 0 Å². The molecule has 17 heavy (non-hydrogen) atoms. The van der Waals surface area contributed by atoms with E-state index in [1.807, 2.05) is 18.2 Å². The smallest absolute Gasteiger partial charge is 0.134 e. The van der Waals surface area contributed by atoms with Gasteiger partial charge in [-0.1, -0.05) is 41.4 Å². The van der Waals surface area contributed by atoms with Crippen molar-refractivity contribution in [2.24, 2.45) is 5.41 Å². The molecule has 4 heteroatoms. The average Bonchev–Trinajstić information content (AvgIpc) is 2.30. The molecule has 0 aromatic heterocycles. The SMILES string of the molecule is CCC1(C)C(Br)CC1Oc1ccc(Cl)cc1Br. The van der Waals surface area contributed by atoms with E-state index in [9.17, 15) is 0 Å². The number of alkyl halides is 1. The van der Waals surface area contributed by atoms with Crippen molar-refractivity contribution in [1.29, 1.82) is 0 Å². The Morgan fingerprint density at radius 1 is 1.53 bits per heavy atom. The molecule has 3 atom stereocenters. The molecule has 94 valence electrons. The van der Waals surface area contributed by atoms with Crippen LogP contribution in [0.25, 0.3) is 0 Å². The van der Waals surface area contributed by atoms with Crippen LogP contribution >= 0.6 is 43.5 Å². The Kier molecular flexibility index (Phi) is 4.11. The van der Waals surface area contributed by atoms with Crippen molar-refractivity contribution in [3.05, 3.63) is 27.7 Å². The summed E-state index contributed by atoms with van der Waals surface area (Å²) in [5.74, 6) is 0.874. The minimum atomic E-state index is 0.221. The second-order valence-corrected chi connectivity index (χ2v) is 7.14. The number of rotatable bonds is 3. The Bertz CT molecular complexity index is 424. The van der Waals surface area contributed by atoms with Gasteiger partial charge in [-0.2, -0.15) is 0 Å². The highest BCUT2D eigenvalue weighted by Gasteiger charge is 2.50. The zero-order chi connectivity index (χ0) is 12.6. The van der Waals surface area contributed by atoms with Gasteiger partial charge in [0.05, 0.1) is 4.47 Å². The molecule has 3 unspecified atom stereocenters. The maximum atomic E-state index is 6.08. The topological polar surface area (TPSA) is 9.23 Å². The molecule has 0 N–H and O–H groups in total. The molecule has 0 bridgehead atoms. The summed E-state index contributed by atoms with van der Waals surface area (Å²) in [6.07, 6.45) is 2.44. The third-order valence-corrected chi connectivity index (χ3v) is 6.07. The van der Waals surface area contributed by atoms with Crippen LogP contribution in [0.5, 0.6) is 5.75 Å². The van der Waals surface area contributed by atoms with Gasteiger partial charge in [0, 0.05) is 15.3 Å². The van der Waals surface area contributed by atoms with Gasteiger partial charge in [-0.3, -0.25) is 0 Å². The highest BCUT2D eigenvalue weighted by atomic mass is 79.9. The van der Waals surface area contributed by atoms with Crippen molar-refractivity contribution in [2.45, 2.75) is 37.6 Å². The van der Waals surface area contributed by atoms with Crippen LogP contribution in [0.3, 0.4) is 0 Å². The average molecular weight is 383 g/mol. The Labute approximate surface area is 124 Å². The van der Waals surface area contributed by atoms with Crippen LogP contribution in [0.1, 0.15) is 26.7 Å². The Morgan fingerprint density at radius 2 is 2.24 bits per heavy atom. The fourth-order valence-electron chi connectivity index (χ4n) is 2.12. The summed E-state index contributed by atoms with van der Waals surface area (Å²) in [5, 5.41) is 0.717. The van der Waals surface area contributed by atoms with Gasteiger partial charge in [0.25, 0.3) is 0 Å². The number of halogens is 3. The summed E-state index contributed by atoms with van der Waals surface area (Å²) in [6, 6.07) is 5.64. The van der Waals surface area contributed by atoms with Gasteiger partial charge in [0.1, 0.15) is 11.9 Å². The molecule has 1 aromatic rings. The van der Waals surface area contributed by atoms with Crippen LogP contribution in [0.4, 0.5) is 0 Å². The lowest BCUT2D eigenvalue weighted by Crippen LogP contribution is -2.54. The predicted octanol–water partition coefficient (Wildman–Crippen LogP) is 5.43. The zero-order valence-corrected chi connectivity index (χ0v) is 13.8. The monoisotopic (exact) mass is 380 g/mol. The molecule has 0 aliphatic heterocycles. The van der Waals surface area contributed by atoms with Crippen LogP contribution in [-0.4, -0.2) is 10.9 Å². The summed E-state index contributed by atoms with van der Waals surface area (Å²) in [5.41, 5.74) is 0.221. The van der Waals surface area contributed by atoms with E-state index in [1.165, 1.54) is 0 Å². The van der Waals surface area contributed by atoms with Gasteiger partial charge >= 0.3 is 0 Å². The molecule has 0 amide bonds. The fraction of sp³-hybridized carbons (Fsp3) is 0.538. The van der Waals surface area contributed by atoms with Gasteiger partial charge in [-0.15, -0.1) is 0 Å². The molecule has 1 saturated carbocycles. The summed E-state index contributed by atoms with van der Waals surface area (Å²) >= 11 is 13.1. The molecule has 0 spiro atoms. The van der Waals surface area contributed by atoms with Gasteiger partial charge in [0.15, 0.2) is 0 Å². The minimum Gasteiger partial charge on any atom is -0.489 e. The van der Waals surface area contributed by atoms with E-state index in [0.717, 1.165) is 28.1 Å². The molecule has 1 aromatic carbocycles. The largest absolute Gasteiger partial charge is 0.489 e. The van der Waals surface area contributed by atoms with Crippen molar-refractivity contribution in [1.82, 2.24) is 0 Å². The molecule has 0 saturated heterocycles. The number of ether oxygens (including phenoxy) is 1. The lowest BCUT2D eigenvalue weighted by atomic mass is 9.65. The van der Waals surface area contributed by atoms with E-state index in [0.29, 0.717) is 4.83 Å². The van der Waals surface area contributed by atoms with Crippen molar-refractivity contribution in [3.8, 4) is 5.75 Å². The predicted molar refractivity (Wildman–Crippen MR) is 79.3 cm³/mol. The number of hydrogen-bond acceptors (Lipinski definition) is 1. The number of benzene rings is 1. The first kappa shape index (κ1) is 13.7. The third kappa shape index (κ3) is 2.52. The minimum absolute atomic E-state index is 0.221. The summed E-state index contributed by atoms with van der Waals surface area (Å²) in [7, 11) is 0. The van der Waals surface area contributed by atoms with E-state index in [4.69, 9.17) is 16.3 Å². The van der Waals surface area contributed by atoms with E-state index >= 15 is 0 Å². The third-order valence-electron chi connectivity index (χ3n) is 3.80. The number of hydrogen-bond donors (Lipinski definition) is 0. The first-order valence-electron chi connectivity index (χ1n) is 5.73. The molecule has 2 rings (SSSR count). The highest BCUT2D eigenvalue weighted by molar-refractivity contribution is 9.10. The summed E-state index contributed by atoms with van der Waals surface area (Å²) < 4.78 is 7.00. The molecule has 0 heterocycles. The van der Waals surface area contributed by atoms with Crippen molar-refractivity contribution >= 4 is 43.5 Å². The quantitative estimate of drug-likeness (QED) is 0.633. The molecular weight excluding hydrogens is 367 g/mol. The van der Waals surface area contributed by atoms with Gasteiger partial charge < -0.3 is 4.74 Å². The summed E-state index contributed by atoms with van der Waals surface area (Å²) in [6.45, 7) is 4.48. The Hall–Kier alpha value is 0.270. The molecule has 1 nitrogen and oxygen atoms in total. The van der Waals surface area contributed by atoms with Gasteiger partial charge in [-0.05, 0) is 47.0 Å².